The number of halogens is 3. The van der Waals surface area contributed by atoms with Crippen molar-refractivity contribution in [3.05, 3.63) is 24.6 Å². The third-order valence-corrected chi connectivity index (χ3v) is 4.09. The zero-order chi connectivity index (χ0) is 16.1. The molecule has 3 N–H and O–H groups in total. The predicted octanol–water partition coefficient (Wildman–Crippen LogP) is 0.414. The number of rotatable bonds is 1. The van der Waals surface area contributed by atoms with Gasteiger partial charge in [0.2, 0.25) is 5.96 Å². The second kappa shape index (κ2) is 4.65. The molecular weight excluding hydrogens is 299 g/mol. The van der Waals surface area contributed by atoms with Crippen molar-refractivity contribution in [2.75, 3.05) is 6.54 Å². The minimum Gasteiger partial charge on any atom is -0.363 e. The number of amides is 1. The molecule has 0 bridgehead atoms. The molecule has 3 heterocycles. The summed E-state index contributed by atoms with van der Waals surface area (Å²) in [7, 11) is 0. The summed E-state index contributed by atoms with van der Waals surface area (Å²) >= 11 is 0. The van der Waals surface area contributed by atoms with Crippen LogP contribution in [0.25, 0.3) is 0 Å². The lowest BCUT2D eigenvalue weighted by atomic mass is 9.91. The molecule has 3 aliphatic heterocycles. The average molecular weight is 315 g/mol. The van der Waals surface area contributed by atoms with Gasteiger partial charge >= 0.3 is 12.1 Å². The molecule has 0 aromatic rings. The zero-order valence-corrected chi connectivity index (χ0v) is 11.9. The van der Waals surface area contributed by atoms with E-state index in [9.17, 15) is 18.0 Å². The van der Waals surface area contributed by atoms with Gasteiger partial charge in [0.05, 0.1) is 17.9 Å². The highest BCUT2D eigenvalue weighted by Crippen LogP contribution is 2.36. The Morgan fingerprint density at radius 1 is 1.64 bits per heavy atom. The summed E-state index contributed by atoms with van der Waals surface area (Å²) < 4.78 is 37.5. The van der Waals surface area contributed by atoms with Gasteiger partial charge < -0.3 is 15.5 Å². The minimum atomic E-state index is -4.95. The van der Waals surface area contributed by atoms with Crippen molar-refractivity contribution in [1.29, 1.82) is 0 Å². The van der Waals surface area contributed by atoms with E-state index < -0.39 is 17.7 Å². The Bertz CT molecular complexity index is 585. The van der Waals surface area contributed by atoms with E-state index in [0.717, 1.165) is 0 Å². The molecule has 0 saturated carbocycles. The highest BCUT2D eigenvalue weighted by atomic mass is 19.4. The molecule has 0 aliphatic carbocycles. The lowest BCUT2D eigenvalue weighted by molar-refractivity contribution is -0.172. The third-order valence-electron chi connectivity index (χ3n) is 4.09. The smallest absolute Gasteiger partial charge is 0.363 e. The van der Waals surface area contributed by atoms with Crippen molar-refractivity contribution >= 4 is 11.9 Å². The Morgan fingerprint density at radius 3 is 3.00 bits per heavy atom. The number of hydrogen-bond donors (Lipinski definition) is 3. The molecule has 0 aromatic carbocycles. The number of carbonyl (C=O) groups is 1. The first-order valence-electron chi connectivity index (χ1n) is 6.93. The topological polar surface area (TPSA) is 68.8 Å². The largest absolute Gasteiger partial charge is 0.471 e. The molecule has 120 valence electrons. The van der Waals surface area contributed by atoms with E-state index in [-0.39, 0.29) is 18.0 Å². The summed E-state index contributed by atoms with van der Waals surface area (Å²) in [5, 5.41) is 8.23. The van der Waals surface area contributed by atoms with Crippen molar-refractivity contribution < 1.29 is 18.0 Å². The molecule has 3 aliphatic rings. The van der Waals surface area contributed by atoms with Gasteiger partial charge in [0.1, 0.15) is 0 Å². The van der Waals surface area contributed by atoms with Crippen LogP contribution in [0.4, 0.5) is 13.2 Å². The molecule has 1 unspecified atom stereocenters. The number of guanidine groups is 1. The highest BCUT2D eigenvalue weighted by Gasteiger charge is 2.56. The first-order valence-corrected chi connectivity index (χ1v) is 6.93. The minimum absolute atomic E-state index is 0.0700. The average Bonchev–Trinajstić information content (AvgIpc) is 2.98. The van der Waals surface area contributed by atoms with Crippen LogP contribution in [0.15, 0.2) is 29.5 Å². The van der Waals surface area contributed by atoms with Crippen LogP contribution in [0.5, 0.6) is 0 Å². The van der Waals surface area contributed by atoms with E-state index in [1.807, 2.05) is 24.4 Å². The summed E-state index contributed by atoms with van der Waals surface area (Å²) in [5.41, 5.74) is -0.742. The van der Waals surface area contributed by atoms with E-state index in [1.165, 1.54) is 0 Å². The van der Waals surface area contributed by atoms with Crippen LogP contribution in [-0.4, -0.2) is 47.2 Å². The maximum Gasteiger partial charge on any atom is 0.471 e. The van der Waals surface area contributed by atoms with E-state index in [0.29, 0.717) is 18.8 Å². The lowest BCUT2D eigenvalue weighted by Gasteiger charge is -2.45. The third kappa shape index (κ3) is 2.03. The number of carbonyl (C=O) groups excluding carboxylic acids is 1. The molecular formula is C13H16F3N5O. The first-order chi connectivity index (χ1) is 10.3. The van der Waals surface area contributed by atoms with E-state index in [4.69, 9.17) is 0 Å². The molecule has 1 spiro atoms. The van der Waals surface area contributed by atoms with Crippen LogP contribution in [0.1, 0.15) is 13.3 Å². The van der Waals surface area contributed by atoms with Crippen LogP contribution in [0.2, 0.25) is 0 Å². The van der Waals surface area contributed by atoms with Gasteiger partial charge in [0.25, 0.3) is 0 Å². The lowest BCUT2D eigenvalue weighted by Crippen LogP contribution is -2.69. The van der Waals surface area contributed by atoms with Gasteiger partial charge in [-0.15, -0.1) is 0 Å². The van der Waals surface area contributed by atoms with Crippen molar-refractivity contribution in [1.82, 2.24) is 20.9 Å². The molecule has 0 aromatic heterocycles. The number of nitrogens with zero attached hydrogens (tertiary/aromatic N) is 2. The highest BCUT2D eigenvalue weighted by molar-refractivity contribution is 6.00. The maximum absolute atomic E-state index is 12.5. The molecule has 22 heavy (non-hydrogen) atoms. The molecule has 1 amide bonds. The fourth-order valence-corrected chi connectivity index (χ4v) is 3.16. The molecule has 6 nitrogen and oxygen atoms in total. The van der Waals surface area contributed by atoms with Gasteiger partial charge in [0, 0.05) is 6.54 Å². The van der Waals surface area contributed by atoms with Crippen LogP contribution < -0.4 is 16.0 Å². The summed E-state index contributed by atoms with van der Waals surface area (Å²) in [4.78, 5) is 17.2. The van der Waals surface area contributed by atoms with Crippen molar-refractivity contribution in [3.8, 4) is 0 Å². The van der Waals surface area contributed by atoms with E-state index in [2.05, 4.69) is 22.2 Å². The monoisotopic (exact) mass is 315 g/mol. The molecule has 1 fully saturated rings. The number of nitrogens with one attached hydrogen (secondary N) is 3. The molecule has 3 rings (SSSR count). The van der Waals surface area contributed by atoms with Gasteiger partial charge in [0.15, 0.2) is 5.66 Å². The summed E-state index contributed by atoms with van der Waals surface area (Å²) in [6, 6.07) is -0.440. The summed E-state index contributed by atoms with van der Waals surface area (Å²) in [6.45, 7) is 6.07. The molecule has 0 radical (unpaired) electrons. The van der Waals surface area contributed by atoms with Crippen LogP contribution in [0.3, 0.4) is 0 Å². The predicted molar refractivity (Wildman–Crippen MR) is 73.5 cm³/mol. The Hall–Kier alpha value is -2.19. The Balaban J connectivity index is 1.95. The van der Waals surface area contributed by atoms with Crippen molar-refractivity contribution in [2.45, 2.75) is 37.3 Å². The number of hydrogen-bond acceptors (Lipinski definition) is 5. The van der Waals surface area contributed by atoms with E-state index >= 15 is 0 Å². The standard InChI is InChI=1S/C13H16F3N5O/c1-3-8-9-12(20-7(2)17-9)5-4-6-21(12)11(18-8)19-10(22)13(14,15)16/h4-5,8-9,17,20H,2-3,6H2,1H3,(H,18,19,22)/t8-,9-,12?/m0/s1. The van der Waals surface area contributed by atoms with Crippen molar-refractivity contribution in [3.63, 3.8) is 0 Å². The van der Waals surface area contributed by atoms with Crippen LogP contribution in [-0.2, 0) is 4.79 Å². The zero-order valence-electron chi connectivity index (χ0n) is 11.9. The Morgan fingerprint density at radius 2 is 2.36 bits per heavy atom. The van der Waals surface area contributed by atoms with Crippen LogP contribution in [0, 0.1) is 0 Å². The van der Waals surface area contributed by atoms with Gasteiger partial charge in [-0.3, -0.25) is 10.1 Å². The fraction of sp³-hybridized carbons (Fsp3) is 0.538. The second-order valence-corrected chi connectivity index (χ2v) is 5.44. The summed E-state index contributed by atoms with van der Waals surface area (Å²) in [5.74, 6) is -1.51. The quantitative estimate of drug-likeness (QED) is 0.613. The maximum atomic E-state index is 12.5. The second-order valence-electron chi connectivity index (χ2n) is 5.44. The van der Waals surface area contributed by atoms with Gasteiger partial charge in [-0.25, -0.2) is 4.99 Å². The van der Waals surface area contributed by atoms with E-state index in [1.54, 1.807) is 4.90 Å². The van der Waals surface area contributed by atoms with Crippen molar-refractivity contribution in [2.24, 2.45) is 4.99 Å². The summed E-state index contributed by atoms with van der Waals surface area (Å²) in [6.07, 6.45) is -0.638. The SMILES string of the molecule is C=C1N[C@H]2[C@H](CC)N=C(NC(=O)C(F)(F)F)N3CC=CC23N1. The van der Waals surface area contributed by atoms with Crippen LogP contribution >= 0.6 is 0 Å². The molecule has 1 saturated heterocycles. The van der Waals surface area contributed by atoms with Gasteiger partial charge in [-0.1, -0.05) is 19.6 Å². The Kier molecular flexibility index (Phi) is 3.12. The molecule has 9 heteroatoms. The van der Waals surface area contributed by atoms with Gasteiger partial charge in [-0.05, 0) is 12.5 Å². The number of aliphatic imine (C=N–C) groups is 1. The van der Waals surface area contributed by atoms with Gasteiger partial charge in [-0.2, -0.15) is 13.2 Å². The number of alkyl halides is 3. The molecule has 3 atom stereocenters. The Labute approximate surface area is 125 Å². The first kappa shape index (κ1) is 14.7. The fourth-order valence-electron chi connectivity index (χ4n) is 3.16. The normalized spacial score (nSPS) is 32.8.